The summed E-state index contributed by atoms with van der Waals surface area (Å²) in [5.74, 6) is 0.143. The van der Waals surface area contributed by atoms with Crippen LogP contribution in [0.3, 0.4) is 0 Å². The Morgan fingerprint density at radius 1 is 1.75 bits per heavy atom. The quantitative estimate of drug-likeness (QED) is 0.537. The highest BCUT2D eigenvalue weighted by atomic mass is 16.5. The Labute approximate surface area is 70.2 Å². The van der Waals surface area contributed by atoms with E-state index in [0.29, 0.717) is 13.0 Å². The van der Waals surface area contributed by atoms with Crippen LogP contribution >= 0.6 is 0 Å². The van der Waals surface area contributed by atoms with Gasteiger partial charge in [0.1, 0.15) is 6.04 Å². The molecule has 0 spiro atoms. The summed E-state index contributed by atoms with van der Waals surface area (Å²) in [6.07, 6.45) is 0.798. The minimum absolute atomic E-state index is 0.0699. The molecule has 0 saturated carbocycles. The second-order valence-electron chi connectivity index (χ2n) is 3.10. The molecule has 0 aliphatic carbocycles. The number of ether oxygens (including phenoxy) is 1. The maximum atomic E-state index is 11.2. The molecule has 2 rings (SSSR count). The lowest BCUT2D eigenvalue weighted by atomic mass is 10.2. The smallest absolute Gasteiger partial charge is 0.249 e. The first kappa shape index (κ1) is 7.54. The number of hydrogen-bond donors (Lipinski definition) is 2. The fourth-order valence-corrected chi connectivity index (χ4v) is 1.74. The van der Waals surface area contributed by atoms with Gasteiger partial charge < -0.3 is 9.64 Å². The lowest BCUT2D eigenvalue weighted by Crippen LogP contribution is -2.31. The van der Waals surface area contributed by atoms with E-state index in [4.69, 9.17) is 10.1 Å². The van der Waals surface area contributed by atoms with Gasteiger partial charge >= 0.3 is 0 Å². The summed E-state index contributed by atoms with van der Waals surface area (Å²) >= 11 is 0. The number of guanidine groups is 1. The molecule has 0 aromatic heterocycles. The standard InChI is InChI=1S/C7H11N3O2/c1-12-4-2-5-6(11)9-7(8)10(5)3-4/h4-5H,2-3H2,1H3,(H2,8,9,11). The molecule has 2 N–H and O–H groups in total. The predicted molar refractivity (Wildman–Crippen MR) is 41.8 cm³/mol. The van der Waals surface area contributed by atoms with Gasteiger partial charge in [-0.3, -0.25) is 15.5 Å². The fourth-order valence-electron chi connectivity index (χ4n) is 1.74. The van der Waals surface area contributed by atoms with Crippen molar-refractivity contribution in [3.63, 3.8) is 0 Å². The minimum atomic E-state index is -0.164. The van der Waals surface area contributed by atoms with Gasteiger partial charge in [-0.05, 0) is 0 Å². The Morgan fingerprint density at radius 3 is 3.08 bits per heavy atom. The molecule has 5 heteroatoms. The SMILES string of the molecule is COC1CC2C(=O)NC(=N)N2C1. The van der Waals surface area contributed by atoms with Crippen LogP contribution in [0.5, 0.6) is 0 Å². The van der Waals surface area contributed by atoms with Crippen LogP contribution in [0.4, 0.5) is 0 Å². The number of hydrogen-bond acceptors (Lipinski definition) is 3. The van der Waals surface area contributed by atoms with Crippen LogP contribution in [0.15, 0.2) is 0 Å². The highest BCUT2D eigenvalue weighted by molar-refractivity contribution is 6.05. The van der Waals surface area contributed by atoms with Crippen molar-refractivity contribution in [2.24, 2.45) is 0 Å². The van der Waals surface area contributed by atoms with Gasteiger partial charge in [-0.25, -0.2) is 0 Å². The number of methoxy groups -OCH3 is 1. The monoisotopic (exact) mass is 169 g/mol. The molecule has 0 bridgehead atoms. The number of rotatable bonds is 1. The van der Waals surface area contributed by atoms with Gasteiger partial charge in [0.15, 0.2) is 5.96 Å². The van der Waals surface area contributed by atoms with Crippen LogP contribution in [0, 0.1) is 5.41 Å². The summed E-state index contributed by atoms with van der Waals surface area (Å²) in [7, 11) is 1.63. The van der Waals surface area contributed by atoms with Crippen molar-refractivity contribution >= 4 is 11.9 Å². The third-order valence-electron chi connectivity index (χ3n) is 2.43. The molecule has 5 nitrogen and oxygen atoms in total. The molecule has 2 aliphatic heterocycles. The Morgan fingerprint density at radius 2 is 2.50 bits per heavy atom. The number of nitrogens with one attached hydrogen (secondary N) is 2. The number of fused-ring (bicyclic) bond motifs is 1. The summed E-state index contributed by atoms with van der Waals surface area (Å²) in [5.41, 5.74) is 0. The molecule has 0 radical (unpaired) electrons. The van der Waals surface area contributed by atoms with Crippen LogP contribution < -0.4 is 5.32 Å². The van der Waals surface area contributed by atoms with Crippen molar-refractivity contribution in [3.05, 3.63) is 0 Å². The van der Waals surface area contributed by atoms with Crippen molar-refractivity contribution in [1.82, 2.24) is 10.2 Å². The number of amides is 1. The lowest BCUT2D eigenvalue weighted by Gasteiger charge is -2.12. The van der Waals surface area contributed by atoms with E-state index in [-0.39, 0.29) is 24.0 Å². The first-order valence-electron chi connectivity index (χ1n) is 3.91. The largest absolute Gasteiger partial charge is 0.380 e. The van der Waals surface area contributed by atoms with Gasteiger partial charge in [-0.2, -0.15) is 0 Å². The zero-order chi connectivity index (χ0) is 8.72. The second kappa shape index (κ2) is 2.45. The van der Waals surface area contributed by atoms with Crippen molar-refractivity contribution in [2.75, 3.05) is 13.7 Å². The maximum absolute atomic E-state index is 11.2. The van der Waals surface area contributed by atoms with Crippen molar-refractivity contribution in [1.29, 1.82) is 5.41 Å². The first-order chi connectivity index (χ1) is 5.72. The van der Waals surface area contributed by atoms with E-state index < -0.39 is 0 Å². The molecular weight excluding hydrogens is 158 g/mol. The van der Waals surface area contributed by atoms with Gasteiger partial charge in [-0.1, -0.05) is 0 Å². The number of carbonyl (C=O) groups excluding carboxylic acids is 1. The average molecular weight is 169 g/mol. The molecule has 1 amide bonds. The molecule has 2 fully saturated rings. The molecule has 2 saturated heterocycles. The fraction of sp³-hybridized carbons (Fsp3) is 0.714. The van der Waals surface area contributed by atoms with E-state index in [0.717, 1.165) is 0 Å². The number of nitrogens with zero attached hydrogens (tertiary/aromatic N) is 1. The minimum Gasteiger partial charge on any atom is -0.380 e. The van der Waals surface area contributed by atoms with Crippen LogP contribution in [-0.2, 0) is 9.53 Å². The van der Waals surface area contributed by atoms with Crippen LogP contribution in [-0.4, -0.2) is 42.6 Å². The third kappa shape index (κ3) is 0.896. The molecule has 2 atom stereocenters. The highest BCUT2D eigenvalue weighted by Gasteiger charge is 2.43. The highest BCUT2D eigenvalue weighted by Crippen LogP contribution is 2.23. The average Bonchev–Trinajstić information content (AvgIpc) is 2.55. The van der Waals surface area contributed by atoms with Crippen molar-refractivity contribution < 1.29 is 9.53 Å². The predicted octanol–water partition coefficient (Wildman–Crippen LogP) is -0.860. The zero-order valence-corrected chi connectivity index (χ0v) is 6.83. The summed E-state index contributed by atoms with van der Waals surface area (Å²) in [5, 5.41) is 9.89. The van der Waals surface area contributed by atoms with Crippen LogP contribution in [0.2, 0.25) is 0 Å². The van der Waals surface area contributed by atoms with Crippen LogP contribution in [0.25, 0.3) is 0 Å². The first-order valence-corrected chi connectivity index (χ1v) is 3.91. The van der Waals surface area contributed by atoms with Gasteiger partial charge in [0.2, 0.25) is 5.91 Å². The zero-order valence-electron chi connectivity index (χ0n) is 6.83. The normalized spacial score (nSPS) is 33.9. The second-order valence-corrected chi connectivity index (χ2v) is 3.10. The third-order valence-corrected chi connectivity index (χ3v) is 2.43. The van der Waals surface area contributed by atoms with E-state index in [1.807, 2.05) is 0 Å². The Hall–Kier alpha value is -1.10. The van der Waals surface area contributed by atoms with Gasteiger partial charge in [-0.15, -0.1) is 0 Å². The van der Waals surface area contributed by atoms with Crippen molar-refractivity contribution in [3.8, 4) is 0 Å². The van der Waals surface area contributed by atoms with Gasteiger partial charge in [0.05, 0.1) is 6.10 Å². The molecule has 66 valence electrons. The molecule has 12 heavy (non-hydrogen) atoms. The van der Waals surface area contributed by atoms with Gasteiger partial charge in [0, 0.05) is 20.1 Å². The summed E-state index contributed by atoms with van der Waals surface area (Å²) < 4.78 is 5.13. The summed E-state index contributed by atoms with van der Waals surface area (Å²) in [6, 6.07) is -0.164. The molecule has 2 heterocycles. The van der Waals surface area contributed by atoms with Gasteiger partial charge in [0.25, 0.3) is 0 Å². The van der Waals surface area contributed by atoms with Crippen LogP contribution in [0.1, 0.15) is 6.42 Å². The Balaban J connectivity index is 2.14. The van der Waals surface area contributed by atoms with E-state index in [1.54, 1.807) is 12.0 Å². The van der Waals surface area contributed by atoms with E-state index in [2.05, 4.69) is 5.32 Å². The molecular formula is C7H11N3O2. The van der Waals surface area contributed by atoms with E-state index in [9.17, 15) is 4.79 Å². The topological polar surface area (TPSA) is 65.4 Å². The molecule has 2 unspecified atom stereocenters. The Kier molecular flexibility index (Phi) is 1.54. The molecule has 0 aromatic rings. The maximum Gasteiger partial charge on any atom is 0.249 e. The molecule has 0 aromatic carbocycles. The number of carbonyl (C=O) groups is 1. The van der Waals surface area contributed by atoms with E-state index >= 15 is 0 Å². The van der Waals surface area contributed by atoms with E-state index in [1.165, 1.54) is 0 Å². The molecule has 2 aliphatic rings. The summed E-state index contributed by atoms with van der Waals surface area (Å²) in [4.78, 5) is 12.9. The lowest BCUT2D eigenvalue weighted by molar-refractivity contribution is -0.121. The Bertz CT molecular complexity index is 219. The van der Waals surface area contributed by atoms with Crippen molar-refractivity contribution in [2.45, 2.75) is 18.6 Å². The summed E-state index contributed by atoms with van der Waals surface area (Å²) in [6.45, 7) is 0.652.